The molecule has 2 N–H and O–H groups in total. The standard InChI is InChI=1S/C13H11N3O3/c1-8-5-6-9(7-14-8)15-12(17)10-3-2-4-11(16-10)13(18)19/h2-7H,1H3,(H,15,17)(H,18,19). The van der Waals surface area contributed by atoms with Crippen molar-refractivity contribution in [2.45, 2.75) is 6.92 Å². The molecule has 0 aliphatic rings. The summed E-state index contributed by atoms with van der Waals surface area (Å²) in [5, 5.41) is 11.4. The number of carbonyl (C=O) groups is 2. The molecule has 0 radical (unpaired) electrons. The lowest BCUT2D eigenvalue weighted by molar-refractivity contribution is 0.0690. The Bertz CT molecular complexity index is 623. The van der Waals surface area contributed by atoms with Gasteiger partial charge in [-0.25, -0.2) is 9.78 Å². The third kappa shape index (κ3) is 3.12. The van der Waals surface area contributed by atoms with Gasteiger partial charge >= 0.3 is 5.97 Å². The van der Waals surface area contributed by atoms with Gasteiger partial charge in [-0.1, -0.05) is 6.07 Å². The molecule has 96 valence electrons. The Balaban J connectivity index is 2.18. The molecule has 6 nitrogen and oxygen atoms in total. The summed E-state index contributed by atoms with van der Waals surface area (Å²) in [4.78, 5) is 30.4. The van der Waals surface area contributed by atoms with Gasteiger partial charge in [0.2, 0.25) is 0 Å². The first-order chi connectivity index (χ1) is 9.06. The van der Waals surface area contributed by atoms with Crippen molar-refractivity contribution in [3.8, 4) is 0 Å². The second-order valence-electron chi connectivity index (χ2n) is 3.86. The fourth-order valence-electron chi connectivity index (χ4n) is 1.42. The van der Waals surface area contributed by atoms with Crippen LogP contribution in [0.4, 0.5) is 5.69 Å². The van der Waals surface area contributed by atoms with Gasteiger partial charge in [0.15, 0.2) is 0 Å². The first-order valence-corrected chi connectivity index (χ1v) is 5.50. The number of nitrogens with zero attached hydrogens (tertiary/aromatic N) is 2. The van der Waals surface area contributed by atoms with E-state index in [9.17, 15) is 9.59 Å². The quantitative estimate of drug-likeness (QED) is 0.873. The number of hydrogen-bond donors (Lipinski definition) is 2. The monoisotopic (exact) mass is 257 g/mol. The van der Waals surface area contributed by atoms with E-state index in [1.807, 2.05) is 6.92 Å². The van der Waals surface area contributed by atoms with Gasteiger partial charge in [0.05, 0.1) is 11.9 Å². The maximum atomic E-state index is 11.9. The molecule has 0 fully saturated rings. The van der Waals surface area contributed by atoms with E-state index in [-0.39, 0.29) is 11.4 Å². The maximum Gasteiger partial charge on any atom is 0.354 e. The van der Waals surface area contributed by atoms with Crippen LogP contribution in [-0.2, 0) is 0 Å². The highest BCUT2D eigenvalue weighted by atomic mass is 16.4. The molecule has 0 saturated carbocycles. The zero-order chi connectivity index (χ0) is 13.8. The lowest BCUT2D eigenvalue weighted by atomic mass is 10.2. The summed E-state index contributed by atoms with van der Waals surface area (Å²) in [5.41, 5.74) is 1.23. The van der Waals surface area contributed by atoms with Gasteiger partial charge in [0.25, 0.3) is 5.91 Å². The van der Waals surface area contributed by atoms with Gasteiger partial charge in [-0.2, -0.15) is 0 Å². The highest BCUT2D eigenvalue weighted by Gasteiger charge is 2.11. The topological polar surface area (TPSA) is 92.2 Å². The number of aromatic carboxylic acids is 1. The molecule has 0 saturated heterocycles. The van der Waals surface area contributed by atoms with Crippen LogP contribution in [-0.4, -0.2) is 27.0 Å². The molecule has 0 aliphatic carbocycles. The summed E-state index contributed by atoms with van der Waals surface area (Å²) in [6.45, 7) is 1.84. The van der Waals surface area contributed by atoms with Crippen LogP contribution in [0.1, 0.15) is 26.7 Å². The van der Waals surface area contributed by atoms with Crippen LogP contribution >= 0.6 is 0 Å². The fraction of sp³-hybridized carbons (Fsp3) is 0.0769. The largest absolute Gasteiger partial charge is 0.477 e. The molecule has 6 heteroatoms. The number of carboxylic acid groups (broad SMARTS) is 1. The summed E-state index contributed by atoms with van der Waals surface area (Å²) in [6.07, 6.45) is 1.52. The summed E-state index contributed by atoms with van der Waals surface area (Å²) in [7, 11) is 0. The minimum absolute atomic E-state index is 0.0421. The van der Waals surface area contributed by atoms with Crippen LogP contribution < -0.4 is 5.32 Å². The number of hydrogen-bond acceptors (Lipinski definition) is 4. The predicted molar refractivity (Wildman–Crippen MR) is 68.1 cm³/mol. The molecule has 0 aromatic carbocycles. The number of carbonyl (C=O) groups excluding carboxylic acids is 1. The number of nitrogens with one attached hydrogen (secondary N) is 1. The third-order valence-electron chi connectivity index (χ3n) is 2.37. The summed E-state index contributed by atoms with van der Waals surface area (Å²) in [6, 6.07) is 7.71. The Kier molecular flexibility index (Phi) is 3.51. The average Bonchev–Trinajstić information content (AvgIpc) is 2.41. The van der Waals surface area contributed by atoms with Gasteiger partial charge in [-0.15, -0.1) is 0 Å². The van der Waals surface area contributed by atoms with E-state index in [1.54, 1.807) is 12.1 Å². The molecule has 2 aromatic rings. The van der Waals surface area contributed by atoms with Crippen LogP contribution in [0.3, 0.4) is 0 Å². The van der Waals surface area contributed by atoms with Gasteiger partial charge in [0.1, 0.15) is 11.4 Å². The zero-order valence-corrected chi connectivity index (χ0v) is 10.1. The van der Waals surface area contributed by atoms with Gasteiger partial charge in [0, 0.05) is 5.69 Å². The Morgan fingerprint density at radius 2 is 1.89 bits per heavy atom. The average molecular weight is 257 g/mol. The lowest BCUT2D eigenvalue weighted by Crippen LogP contribution is -2.15. The summed E-state index contributed by atoms with van der Waals surface area (Å²) >= 11 is 0. The molecular weight excluding hydrogens is 246 g/mol. The number of anilines is 1. The molecular formula is C13H11N3O3. The summed E-state index contributed by atoms with van der Waals surface area (Å²) in [5.74, 6) is -1.65. The summed E-state index contributed by atoms with van der Waals surface area (Å²) < 4.78 is 0. The molecule has 0 unspecified atom stereocenters. The Labute approximate surface area is 109 Å². The van der Waals surface area contributed by atoms with Gasteiger partial charge < -0.3 is 10.4 Å². The highest BCUT2D eigenvalue weighted by molar-refractivity contribution is 6.03. The predicted octanol–water partition coefficient (Wildman–Crippen LogP) is 1.74. The highest BCUT2D eigenvalue weighted by Crippen LogP contribution is 2.08. The first kappa shape index (κ1) is 12.7. The van der Waals surface area contributed by atoms with E-state index in [1.165, 1.54) is 24.4 Å². The number of rotatable bonds is 3. The zero-order valence-electron chi connectivity index (χ0n) is 10.1. The van der Waals surface area contributed by atoms with E-state index in [0.717, 1.165) is 5.69 Å². The third-order valence-corrected chi connectivity index (χ3v) is 2.37. The number of aryl methyl sites for hydroxylation is 1. The molecule has 0 spiro atoms. The Morgan fingerprint density at radius 1 is 1.16 bits per heavy atom. The van der Waals surface area contributed by atoms with Crippen molar-refractivity contribution in [2.75, 3.05) is 5.32 Å². The normalized spacial score (nSPS) is 9.95. The molecule has 1 amide bonds. The minimum atomic E-state index is -1.17. The number of pyridine rings is 2. The van der Waals surface area contributed by atoms with Crippen LogP contribution in [0, 0.1) is 6.92 Å². The van der Waals surface area contributed by atoms with Crippen LogP contribution in [0.15, 0.2) is 36.5 Å². The molecule has 2 aromatic heterocycles. The van der Waals surface area contributed by atoms with E-state index in [4.69, 9.17) is 5.11 Å². The minimum Gasteiger partial charge on any atom is -0.477 e. The fourth-order valence-corrected chi connectivity index (χ4v) is 1.42. The van der Waals surface area contributed by atoms with Crippen molar-refractivity contribution in [3.05, 3.63) is 53.6 Å². The van der Waals surface area contributed by atoms with E-state index >= 15 is 0 Å². The van der Waals surface area contributed by atoms with Crippen LogP contribution in [0.25, 0.3) is 0 Å². The Morgan fingerprint density at radius 3 is 2.53 bits per heavy atom. The van der Waals surface area contributed by atoms with Crippen molar-refractivity contribution in [2.24, 2.45) is 0 Å². The number of carboxylic acids is 1. The molecule has 0 aliphatic heterocycles. The molecule has 0 bridgehead atoms. The van der Waals surface area contributed by atoms with Crippen molar-refractivity contribution in [1.82, 2.24) is 9.97 Å². The Hall–Kier alpha value is -2.76. The SMILES string of the molecule is Cc1ccc(NC(=O)c2cccc(C(=O)O)n2)cn1. The van der Waals surface area contributed by atoms with E-state index in [0.29, 0.717) is 5.69 Å². The van der Waals surface area contributed by atoms with Crippen LogP contribution in [0.2, 0.25) is 0 Å². The van der Waals surface area contributed by atoms with Crippen molar-refractivity contribution in [1.29, 1.82) is 0 Å². The van der Waals surface area contributed by atoms with Crippen molar-refractivity contribution < 1.29 is 14.7 Å². The molecule has 2 rings (SSSR count). The van der Waals surface area contributed by atoms with Crippen molar-refractivity contribution >= 4 is 17.6 Å². The maximum absolute atomic E-state index is 11.9. The smallest absolute Gasteiger partial charge is 0.354 e. The first-order valence-electron chi connectivity index (χ1n) is 5.50. The molecule has 2 heterocycles. The number of aromatic nitrogens is 2. The van der Waals surface area contributed by atoms with Crippen molar-refractivity contribution in [3.63, 3.8) is 0 Å². The second-order valence-corrected chi connectivity index (χ2v) is 3.86. The van der Waals surface area contributed by atoms with E-state index in [2.05, 4.69) is 15.3 Å². The lowest BCUT2D eigenvalue weighted by Gasteiger charge is -2.05. The van der Waals surface area contributed by atoms with Gasteiger partial charge in [-0.3, -0.25) is 9.78 Å². The van der Waals surface area contributed by atoms with Crippen LogP contribution in [0.5, 0.6) is 0 Å². The van der Waals surface area contributed by atoms with Gasteiger partial charge in [-0.05, 0) is 31.2 Å². The number of amides is 1. The molecule has 0 atom stereocenters. The van der Waals surface area contributed by atoms with E-state index < -0.39 is 11.9 Å². The second kappa shape index (κ2) is 5.26. The molecule has 19 heavy (non-hydrogen) atoms.